The Labute approximate surface area is 178 Å². The third-order valence-corrected chi connectivity index (χ3v) is 5.99. The van der Waals surface area contributed by atoms with Crippen LogP contribution < -0.4 is 0 Å². The second-order valence-corrected chi connectivity index (χ2v) is 8.00. The van der Waals surface area contributed by atoms with E-state index in [4.69, 9.17) is 4.74 Å². The van der Waals surface area contributed by atoms with Crippen molar-refractivity contribution in [2.24, 2.45) is 0 Å². The number of benzene rings is 2. The number of carbonyl (C=O) groups excluding carboxylic acids is 1. The smallest absolute Gasteiger partial charge is 0.222 e. The van der Waals surface area contributed by atoms with Crippen molar-refractivity contribution in [2.45, 2.75) is 25.9 Å². The zero-order valence-electron chi connectivity index (χ0n) is 17.8. The topological polar surface area (TPSA) is 37.7 Å². The van der Waals surface area contributed by atoms with Crippen LogP contribution in [0.1, 0.15) is 17.5 Å². The lowest BCUT2D eigenvalue weighted by atomic mass is 10.1. The van der Waals surface area contributed by atoms with E-state index in [0.717, 1.165) is 45.7 Å². The van der Waals surface area contributed by atoms with Crippen LogP contribution in [0, 0.1) is 0 Å². The molecule has 5 heteroatoms. The Morgan fingerprint density at radius 2 is 1.70 bits per heavy atom. The van der Waals surface area contributed by atoms with E-state index in [0.29, 0.717) is 13.0 Å². The quantitative estimate of drug-likeness (QED) is 0.575. The fourth-order valence-corrected chi connectivity index (χ4v) is 4.29. The molecule has 0 radical (unpaired) electrons. The van der Waals surface area contributed by atoms with Gasteiger partial charge in [-0.1, -0.05) is 48.5 Å². The van der Waals surface area contributed by atoms with Crippen molar-refractivity contribution in [3.63, 3.8) is 0 Å². The molecule has 0 spiro atoms. The summed E-state index contributed by atoms with van der Waals surface area (Å²) in [5.41, 5.74) is 3.80. The first-order valence-corrected chi connectivity index (χ1v) is 10.8. The van der Waals surface area contributed by atoms with Crippen molar-refractivity contribution in [2.75, 3.05) is 39.9 Å². The molecule has 0 atom stereocenters. The van der Waals surface area contributed by atoms with Crippen molar-refractivity contribution in [1.82, 2.24) is 14.4 Å². The average Bonchev–Trinajstić information content (AvgIpc) is 3.15. The number of aromatic nitrogens is 1. The molecule has 1 amide bonds. The van der Waals surface area contributed by atoms with Crippen molar-refractivity contribution in [3.05, 3.63) is 71.9 Å². The van der Waals surface area contributed by atoms with Crippen molar-refractivity contribution >= 4 is 16.8 Å². The molecule has 158 valence electrons. The van der Waals surface area contributed by atoms with Crippen LogP contribution in [0.25, 0.3) is 10.9 Å². The van der Waals surface area contributed by atoms with Crippen LogP contribution in [0.5, 0.6) is 0 Å². The Kier molecular flexibility index (Phi) is 6.82. The second kappa shape index (κ2) is 9.92. The lowest BCUT2D eigenvalue weighted by molar-refractivity contribution is -0.132. The molecule has 1 aliphatic heterocycles. The first kappa shape index (κ1) is 20.6. The summed E-state index contributed by atoms with van der Waals surface area (Å²) in [7, 11) is 1.73. The maximum absolute atomic E-state index is 12.8. The molecule has 2 aromatic carbocycles. The van der Waals surface area contributed by atoms with Crippen LogP contribution in [0.3, 0.4) is 0 Å². The monoisotopic (exact) mass is 405 g/mol. The van der Waals surface area contributed by atoms with Gasteiger partial charge in [-0.25, -0.2) is 0 Å². The van der Waals surface area contributed by atoms with E-state index in [1.807, 2.05) is 4.90 Å². The number of fused-ring (bicyclic) bond motifs is 1. The normalized spacial score (nSPS) is 15.0. The van der Waals surface area contributed by atoms with Crippen molar-refractivity contribution < 1.29 is 9.53 Å². The van der Waals surface area contributed by atoms with Gasteiger partial charge >= 0.3 is 0 Å². The van der Waals surface area contributed by atoms with Gasteiger partial charge in [0.05, 0.1) is 6.61 Å². The number of para-hydroxylation sites is 1. The van der Waals surface area contributed by atoms with Gasteiger partial charge in [-0.05, 0) is 23.6 Å². The zero-order chi connectivity index (χ0) is 20.8. The van der Waals surface area contributed by atoms with Crippen LogP contribution in [-0.2, 0) is 29.0 Å². The Bertz CT molecular complexity index is 959. The van der Waals surface area contributed by atoms with Crippen LogP contribution >= 0.6 is 0 Å². The summed E-state index contributed by atoms with van der Waals surface area (Å²) in [6, 6.07) is 19.0. The molecule has 4 rings (SSSR count). The standard InChI is InChI=1S/C25H31N3O2/c1-30-18-17-28-20-22(23-9-5-6-10-24(23)28)11-12-25(29)27-15-13-26(14-16-27)19-21-7-3-2-4-8-21/h2-10,20H,11-19H2,1H3. The summed E-state index contributed by atoms with van der Waals surface area (Å²) >= 11 is 0. The molecule has 1 saturated heterocycles. The van der Waals surface area contributed by atoms with Gasteiger partial charge in [-0.3, -0.25) is 9.69 Å². The SMILES string of the molecule is COCCn1cc(CCC(=O)N2CCN(Cc3ccccc3)CC2)c2ccccc21. The number of rotatable bonds is 8. The van der Waals surface area contributed by atoms with Gasteiger partial charge in [0.25, 0.3) is 0 Å². The highest BCUT2D eigenvalue weighted by molar-refractivity contribution is 5.85. The van der Waals surface area contributed by atoms with Gasteiger partial charge in [0.2, 0.25) is 5.91 Å². The minimum absolute atomic E-state index is 0.267. The molecule has 1 fully saturated rings. The number of carbonyl (C=O) groups is 1. The second-order valence-electron chi connectivity index (χ2n) is 8.00. The lowest BCUT2D eigenvalue weighted by Gasteiger charge is -2.34. The van der Waals surface area contributed by atoms with Crippen molar-refractivity contribution in [3.8, 4) is 0 Å². The molecule has 5 nitrogen and oxygen atoms in total. The minimum Gasteiger partial charge on any atom is -0.383 e. The highest BCUT2D eigenvalue weighted by Crippen LogP contribution is 2.23. The Morgan fingerprint density at radius 1 is 0.967 bits per heavy atom. The van der Waals surface area contributed by atoms with E-state index in [1.54, 1.807) is 7.11 Å². The molecule has 0 bridgehead atoms. The Hall–Kier alpha value is -2.63. The molecule has 2 heterocycles. The van der Waals surface area contributed by atoms with E-state index in [2.05, 4.69) is 70.3 Å². The van der Waals surface area contributed by atoms with Crippen LogP contribution in [0.15, 0.2) is 60.8 Å². The number of piperazine rings is 1. The van der Waals surface area contributed by atoms with Gasteiger partial charge in [-0.2, -0.15) is 0 Å². The summed E-state index contributed by atoms with van der Waals surface area (Å²) in [6.07, 6.45) is 3.54. The average molecular weight is 406 g/mol. The summed E-state index contributed by atoms with van der Waals surface area (Å²) in [6.45, 7) is 6.00. The number of ether oxygens (including phenoxy) is 1. The number of amides is 1. The number of hydrogen-bond acceptors (Lipinski definition) is 3. The molecule has 0 N–H and O–H groups in total. The van der Waals surface area contributed by atoms with Crippen LogP contribution in [0.4, 0.5) is 0 Å². The van der Waals surface area contributed by atoms with E-state index < -0.39 is 0 Å². The molecule has 30 heavy (non-hydrogen) atoms. The summed E-state index contributed by atoms with van der Waals surface area (Å²) < 4.78 is 7.48. The predicted octanol–water partition coefficient (Wildman–Crippen LogP) is 3.56. The third-order valence-electron chi connectivity index (χ3n) is 5.99. The summed E-state index contributed by atoms with van der Waals surface area (Å²) in [5.74, 6) is 0.267. The molecular weight excluding hydrogens is 374 g/mol. The largest absolute Gasteiger partial charge is 0.383 e. The van der Waals surface area contributed by atoms with E-state index in [9.17, 15) is 4.79 Å². The summed E-state index contributed by atoms with van der Waals surface area (Å²) in [5, 5.41) is 1.24. The predicted molar refractivity (Wildman–Crippen MR) is 120 cm³/mol. The van der Waals surface area contributed by atoms with Gasteiger partial charge in [-0.15, -0.1) is 0 Å². The number of nitrogens with zero attached hydrogens (tertiary/aromatic N) is 3. The van der Waals surface area contributed by atoms with Crippen LogP contribution in [0.2, 0.25) is 0 Å². The fourth-order valence-electron chi connectivity index (χ4n) is 4.29. The van der Waals surface area contributed by atoms with Crippen molar-refractivity contribution in [1.29, 1.82) is 0 Å². The van der Waals surface area contributed by atoms with Gasteiger partial charge in [0.1, 0.15) is 0 Å². The van der Waals surface area contributed by atoms with Gasteiger partial charge < -0.3 is 14.2 Å². The van der Waals surface area contributed by atoms with Gasteiger partial charge in [0.15, 0.2) is 0 Å². The number of methoxy groups -OCH3 is 1. The zero-order valence-corrected chi connectivity index (χ0v) is 17.8. The number of hydrogen-bond donors (Lipinski definition) is 0. The molecule has 0 saturated carbocycles. The maximum atomic E-state index is 12.8. The molecule has 3 aromatic rings. The first-order valence-electron chi connectivity index (χ1n) is 10.8. The third kappa shape index (κ3) is 4.91. The van der Waals surface area contributed by atoms with Gasteiger partial charge in [0, 0.05) is 69.9 Å². The molecule has 0 unspecified atom stereocenters. The maximum Gasteiger partial charge on any atom is 0.222 e. The number of aryl methyl sites for hydroxylation is 1. The highest BCUT2D eigenvalue weighted by Gasteiger charge is 2.21. The first-order chi connectivity index (χ1) is 14.7. The minimum atomic E-state index is 0.267. The summed E-state index contributed by atoms with van der Waals surface area (Å²) in [4.78, 5) is 17.3. The lowest BCUT2D eigenvalue weighted by Crippen LogP contribution is -2.48. The Morgan fingerprint density at radius 3 is 2.47 bits per heavy atom. The van der Waals surface area contributed by atoms with E-state index in [-0.39, 0.29) is 5.91 Å². The molecule has 0 aliphatic carbocycles. The molecule has 1 aliphatic rings. The van der Waals surface area contributed by atoms with Crippen LogP contribution in [-0.4, -0.2) is 60.2 Å². The Balaban J connectivity index is 1.31. The highest BCUT2D eigenvalue weighted by atomic mass is 16.5. The fraction of sp³-hybridized carbons (Fsp3) is 0.400. The molecule has 1 aromatic heterocycles. The van der Waals surface area contributed by atoms with E-state index in [1.165, 1.54) is 22.0 Å². The van der Waals surface area contributed by atoms with E-state index >= 15 is 0 Å². The molecular formula is C25H31N3O2.